The van der Waals surface area contributed by atoms with Crippen LogP contribution in [0.2, 0.25) is 5.02 Å². The number of benzene rings is 1. The molecule has 0 aromatic heterocycles. The molecule has 0 radical (unpaired) electrons. The predicted octanol–water partition coefficient (Wildman–Crippen LogP) is 2.98. The molecule has 2 rings (SSSR count). The van der Waals surface area contributed by atoms with Crippen molar-refractivity contribution in [3.63, 3.8) is 0 Å². The van der Waals surface area contributed by atoms with Gasteiger partial charge in [-0.1, -0.05) is 24.6 Å². The summed E-state index contributed by atoms with van der Waals surface area (Å²) >= 11 is 5.85. The van der Waals surface area contributed by atoms with E-state index in [1.165, 1.54) is 6.42 Å². The molecule has 1 amide bonds. The topological polar surface area (TPSA) is 29.5 Å². The number of hydrogen-bond acceptors (Lipinski definition) is 2. The number of nitrogens with zero attached hydrogens (tertiary/aromatic N) is 1. The normalized spacial score (nSPS) is 19.7. The van der Waals surface area contributed by atoms with Crippen molar-refractivity contribution in [1.82, 2.24) is 4.90 Å². The van der Waals surface area contributed by atoms with Crippen LogP contribution in [0.3, 0.4) is 0 Å². The maximum atomic E-state index is 12.0. The third-order valence-corrected chi connectivity index (χ3v) is 3.40. The maximum absolute atomic E-state index is 12.0. The van der Waals surface area contributed by atoms with Crippen molar-refractivity contribution in [2.75, 3.05) is 19.7 Å². The van der Waals surface area contributed by atoms with Crippen molar-refractivity contribution in [3.05, 3.63) is 29.3 Å². The van der Waals surface area contributed by atoms with Gasteiger partial charge in [-0.05, 0) is 37.0 Å². The number of hydrogen-bond donors (Lipinski definition) is 0. The second-order valence-electron chi connectivity index (χ2n) is 4.83. The van der Waals surface area contributed by atoms with E-state index in [-0.39, 0.29) is 12.5 Å². The Balaban J connectivity index is 1.84. The van der Waals surface area contributed by atoms with Crippen LogP contribution in [-0.2, 0) is 4.79 Å². The fourth-order valence-electron chi connectivity index (χ4n) is 2.21. The Morgan fingerprint density at radius 2 is 2.39 bits per heavy atom. The van der Waals surface area contributed by atoms with Gasteiger partial charge in [0.15, 0.2) is 6.61 Å². The summed E-state index contributed by atoms with van der Waals surface area (Å²) < 4.78 is 5.46. The minimum Gasteiger partial charge on any atom is -0.484 e. The Kier molecular flexibility index (Phi) is 4.48. The molecule has 1 aliphatic heterocycles. The molecule has 1 atom stereocenters. The number of ether oxygens (including phenoxy) is 1. The summed E-state index contributed by atoms with van der Waals surface area (Å²) in [6.07, 6.45) is 2.29. The molecule has 1 heterocycles. The molecule has 1 aliphatic rings. The standard InChI is InChI=1S/C14H18ClNO2/c1-11-4-3-7-16(9-11)14(17)10-18-13-6-2-5-12(15)8-13/h2,5-6,8,11H,3-4,7,9-10H2,1H3/t11-/m0/s1. The first-order valence-corrected chi connectivity index (χ1v) is 6.69. The van der Waals surface area contributed by atoms with Crippen LogP contribution in [0.1, 0.15) is 19.8 Å². The zero-order chi connectivity index (χ0) is 13.0. The van der Waals surface area contributed by atoms with Gasteiger partial charge < -0.3 is 9.64 Å². The second-order valence-corrected chi connectivity index (χ2v) is 5.27. The average Bonchev–Trinajstić information content (AvgIpc) is 2.36. The third-order valence-electron chi connectivity index (χ3n) is 3.17. The van der Waals surface area contributed by atoms with E-state index in [0.717, 1.165) is 19.5 Å². The molecule has 0 spiro atoms. The fourth-order valence-corrected chi connectivity index (χ4v) is 2.39. The molecule has 3 nitrogen and oxygen atoms in total. The summed E-state index contributed by atoms with van der Waals surface area (Å²) in [6, 6.07) is 7.11. The van der Waals surface area contributed by atoms with E-state index in [1.807, 2.05) is 11.0 Å². The van der Waals surface area contributed by atoms with Crippen LogP contribution in [0.4, 0.5) is 0 Å². The van der Waals surface area contributed by atoms with Gasteiger partial charge in [0.2, 0.25) is 0 Å². The highest BCUT2D eigenvalue weighted by atomic mass is 35.5. The summed E-state index contributed by atoms with van der Waals surface area (Å²) in [6.45, 7) is 3.96. The van der Waals surface area contributed by atoms with E-state index in [1.54, 1.807) is 18.2 Å². The lowest BCUT2D eigenvalue weighted by atomic mass is 10.0. The Bertz CT molecular complexity index is 422. The number of likely N-dealkylation sites (tertiary alicyclic amines) is 1. The van der Waals surface area contributed by atoms with Crippen LogP contribution in [0, 0.1) is 5.92 Å². The summed E-state index contributed by atoms with van der Waals surface area (Å²) in [5.74, 6) is 1.29. The quantitative estimate of drug-likeness (QED) is 0.843. The van der Waals surface area contributed by atoms with E-state index in [2.05, 4.69) is 6.92 Å². The molecule has 98 valence electrons. The van der Waals surface area contributed by atoms with E-state index in [4.69, 9.17) is 16.3 Å². The molecule has 1 aromatic rings. The monoisotopic (exact) mass is 267 g/mol. The van der Waals surface area contributed by atoms with Crippen molar-refractivity contribution >= 4 is 17.5 Å². The number of piperidine rings is 1. The van der Waals surface area contributed by atoms with Gasteiger partial charge in [0.05, 0.1) is 0 Å². The van der Waals surface area contributed by atoms with Crippen LogP contribution >= 0.6 is 11.6 Å². The molecule has 18 heavy (non-hydrogen) atoms. The Labute approximate surface area is 113 Å². The molecule has 0 aliphatic carbocycles. The average molecular weight is 268 g/mol. The van der Waals surface area contributed by atoms with Gasteiger partial charge in [-0.2, -0.15) is 0 Å². The lowest BCUT2D eigenvalue weighted by molar-refractivity contribution is -0.135. The molecule has 0 N–H and O–H groups in total. The van der Waals surface area contributed by atoms with Crippen molar-refractivity contribution in [2.24, 2.45) is 5.92 Å². The highest BCUT2D eigenvalue weighted by Crippen LogP contribution is 2.18. The number of amides is 1. The summed E-state index contributed by atoms with van der Waals surface area (Å²) in [5, 5.41) is 0.617. The van der Waals surface area contributed by atoms with Gasteiger partial charge in [-0.3, -0.25) is 4.79 Å². The van der Waals surface area contributed by atoms with E-state index in [0.29, 0.717) is 16.7 Å². The van der Waals surface area contributed by atoms with Crippen molar-refractivity contribution in [1.29, 1.82) is 0 Å². The van der Waals surface area contributed by atoms with E-state index < -0.39 is 0 Å². The predicted molar refractivity (Wildman–Crippen MR) is 71.9 cm³/mol. The molecule has 0 saturated carbocycles. The smallest absolute Gasteiger partial charge is 0.260 e. The largest absolute Gasteiger partial charge is 0.484 e. The number of halogens is 1. The molecular formula is C14H18ClNO2. The SMILES string of the molecule is C[C@H]1CCCN(C(=O)COc2cccc(Cl)c2)C1. The summed E-state index contributed by atoms with van der Waals surface area (Å²) in [5.41, 5.74) is 0. The summed E-state index contributed by atoms with van der Waals surface area (Å²) in [4.78, 5) is 13.9. The van der Waals surface area contributed by atoms with Crippen molar-refractivity contribution < 1.29 is 9.53 Å². The van der Waals surface area contributed by atoms with Gasteiger partial charge >= 0.3 is 0 Å². The Morgan fingerprint density at radius 3 is 3.11 bits per heavy atom. The van der Waals surface area contributed by atoms with Gasteiger partial charge in [0.1, 0.15) is 5.75 Å². The zero-order valence-electron chi connectivity index (χ0n) is 10.6. The van der Waals surface area contributed by atoms with Crippen LogP contribution in [-0.4, -0.2) is 30.5 Å². The van der Waals surface area contributed by atoms with Crippen LogP contribution < -0.4 is 4.74 Å². The lowest BCUT2D eigenvalue weighted by Crippen LogP contribution is -2.41. The highest BCUT2D eigenvalue weighted by molar-refractivity contribution is 6.30. The highest BCUT2D eigenvalue weighted by Gasteiger charge is 2.20. The number of carbonyl (C=O) groups is 1. The molecule has 4 heteroatoms. The number of carbonyl (C=O) groups excluding carboxylic acids is 1. The zero-order valence-corrected chi connectivity index (χ0v) is 11.3. The molecule has 0 bridgehead atoms. The van der Waals surface area contributed by atoms with Crippen molar-refractivity contribution in [2.45, 2.75) is 19.8 Å². The molecule has 1 saturated heterocycles. The first-order chi connectivity index (χ1) is 8.65. The van der Waals surface area contributed by atoms with Crippen molar-refractivity contribution in [3.8, 4) is 5.75 Å². The maximum Gasteiger partial charge on any atom is 0.260 e. The van der Waals surface area contributed by atoms with Crippen LogP contribution in [0.5, 0.6) is 5.75 Å². The number of rotatable bonds is 3. The molecule has 1 aromatic carbocycles. The summed E-state index contributed by atoms with van der Waals surface area (Å²) in [7, 11) is 0. The minimum absolute atomic E-state index is 0.0570. The van der Waals surface area contributed by atoms with Gasteiger partial charge in [0.25, 0.3) is 5.91 Å². The fraction of sp³-hybridized carbons (Fsp3) is 0.500. The first-order valence-electron chi connectivity index (χ1n) is 6.31. The van der Waals surface area contributed by atoms with Crippen LogP contribution in [0.25, 0.3) is 0 Å². The minimum atomic E-state index is 0.0570. The van der Waals surface area contributed by atoms with E-state index in [9.17, 15) is 4.79 Å². The second kappa shape index (κ2) is 6.10. The molecule has 0 unspecified atom stereocenters. The Morgan fingerprint density at radius 1 is 1.56 bits per heavy atom. The van der Waals surface area contributed by atoms with Gasteiger partial charge in [-0.25, -0.2) is 0 Å². The van der Waals surface area contributed by atoms with Crippen LogP contribution in [0.15, 0.2) is 24.3 Å². The Hall–Kier alpha value is -1.22. The van der Waals surface area contributed by atoms with Gasteiger partial charge in [-0.15, -0.1) is 0 Å². The first kappa shape index (κ1) is 13.2. The lowest BCUT2D eigenvalue weighted by Gasteiger charge is -2.30. The van der Waals surface area contributed by atoms with Gasteiger partial charge in [0, 0.05) is 18.1 Å². The third kappa shape index (κ3) is 3.64. The molecule has 1 fully saturated rings. The molecular weight excluding hydrogens is 250 g/mol. The van der Waals surface area contributed by atoms with E-state index >= 15 is 0 Å².